The summed E-state index contributed by atoms with van der Waals surface area (Å²) in [6, 6.07) is 19.0. The maximum absolute atomic E-state index is 12.5. The van der Waals surface area contributed by atoms with E-state index in [1.807, 2.05) is 54.6 Å². The van der Waals surface area contributed by atoms with E-state index in [0.29, 0.717) is 16.3 Å². The van der Waals surface area contributed by atoms with Gasteiger partial charge in [0.05, 0.1) is 24.4 Å². The van der Waals surface area contributed by atoms with Crippen LogP contribution in [0.25, 0.3) is 21.0 Å². The number of rotatable bonds is 6. The molecule has 0 aliphatic heterocycles. The van der Waals surface area contributed by atoms with Crippen molar-refractivity contribution >= 4 is 44.2 Å². The zero-order valence-corrected chi connectivity index (χ0v) is 17.8. The number of thiazole rings is 1. The van der Waals surface area contributed by atoms with Crippen LogP contribution in [-0.4, -0.2) is 37.3 Å². The van der Waals surface area contributed by atoms with E-state index in [-0.39, 0.29) is 13.2 Å². The van der Waals surface area contributed by atoms with Gasteiger partial charge in [-0.3, -0.25) is 9.59 Å². The van der Waals surface area contributed by atoms with Crippen LogP contribution in [0.5, 0.6) is 11.5 Å². The molecule has 0 saturated heterocycles. The lowest BCUT2D eigenvalue weighted by atomic mass is 10.1. The average Bonchev–Trinajstić information content (AvgIpc) is 3.13. The number of carbonyl (C=O) groups is 2. The van der Waals surface area contributed by atoms with Gasteiger partial charge in [-0.05, 0) is 41.1 Å². The number of aromatic nitrogens is 1. The first-order valence-electron chi connectivity index (χ1n) is 9.51. The highest BCUT2D eigenvalue weighted by Crippen LogP contribution is 2.23. The number of carbonyl (C=O) groups excluding carboxylic acids is 2. The summed E-state index contributed by atoms with van der Waals surface area (Å²) in [7, 11) is 2.90. The van der Waals surface area contributed by atoms with Crippen LogP contribution in [0.2, 0.25) is 0 Å². The number of benzene rings is 3. The highest BCUT2D eigenvalue weighted by atomic mass is 32.1. The lowest BCUT2D eigenvalue weighted by Crippen LogP contribution is -2.23. The molecule has 8 heteroatoms. The van der Waals surface area contributed by atoms with E-state index < -0.39 is 11.9 Å². The van der Waals surface area contributed by atoms with Gasteiger partial charge in [0.2, 0.25) is 0 Å². The smallest absolute Gasteiger partial charge is 0.325 e. The molecule has 158 valence electrons. The van der Waals surface area contributed by atoms with Gasteiger partial charge >= 0.3 is 5.97 Å². The van der Waals surface area contributed by atoms with Gasteiger partial charge in [0, 0.05) is 0 Å². The van der Waals surface area contributed by atoms with Gasteiger partial charge in [-0.2, -0.15) is 4.99 Å². The molecule has 0 unspecified atom stereocenters. The second-order valence-electron chi connectivity index (χ2n) is 6.68. The van der Waals surface area contributed by atoms with Crippen LogP contribution >= 0.6 is 11.3 Å². The molecular formula is C23H20N2O5S. The van der Waals surface area contributed by atoms with Gasteiger partial charge in [-0.1, -0.05) is 41.7 Å². The molecular weight excluding hydrogens is 416 g/mol. The third-order valence-corrected chi connectivity index (χ3v) is 5.75. The Bertz CT molecular complexity index is 1340. The Hall–Kier alpha value is -3.65. The molecule has 0 saturated carbocycles. The van der Waals surface area contributed by atoms with Crippen LogP contribution in [-0.2, 0) is 20.9 Å². The molecule has 0 spiro atoms. The Balaban J connectivity index is 1.60. The second-order valence-corrected chi connectivity index (χ2v) is 7.69. The molecule has 0 fully saturated rings. The first kappa shape index (κ1) is 20.6. The Morgan fingerprint density at radius 3 is 2.52 bits per heavy atom. The van der Waals surface area contributed by atoms with Crippen molar-refractivity contribution < 1.29 is 23.8 Å². The van der Waals surface area contributed by atoms with Crippen molar-refractivity contribution in [3.63, 3.8) is 0 Å². The van der Waals surface area contributed by atoms with Crippen molar-refractivity contribution in [1.29, 1.82) is 0 Å². The molecule has 1 heterocycles. The Morgan fingerprint density at radius 1 is 0.968 bits per heavy atom. The quantitative estimate of drug-likeness (QED) is 0.432. The highest BCUT2D eigenvalue weighted by molar-refractivity contribution is 7.16. The van der Waals surface area contributed by atoms with E-state index in [0.717, 1.165) is 21.0 Å². The van der Waals surface area contributed by atoms with Gasteiger partial charge in [-0.15, -0.1) is 0 Å². The minimum atomic E-state index is -0.453. The first-order chi connectivity index (χ1) is 15.1. The molecule has 31 heavy (non-hydrogen) atoms. The fraction of sp³-hybridized carbons (Fsp3) is 0.174. The molecule has 4 rings (SSSR count). The summed E-state index contributed by atoms with van der Waals surface area (Å²) in [5.41, 5.74) is 0.762. The number of amides is 1. The van der Waals surface area contributed by atoms with E-state index in [9.17, 15) is 9.59 Å². The number of esters is 1. The van der Waals surface area contributed by atoms with Crippen LogP contribution in [0.4, 0.5) is 0 Å². The SMILES string of the molecule is COC(=O)Cn1c(=NC(=O)COc2ccc3ccccc3c2)sc2cc(OC)ccc21. The summed E-state index contributed by atoms with van der Waals surface area (Å²) >= 11 is 1.29. The molecule has 0 bridgehead atoms. The molecule has 3 aromatic carbocycles. The average molecular weight is 436 g/mol. The van der Waals surface area contributed by atoms with Crippen molar-refractivity contribution in [2.45, 2.75) is 6.54 Å². The number of hydrogen-bond donors (Lipinski definition) is 0. The number of methoxy groups -OCH3 is 2. The normalized spacial score (nSPS) is 11.6. The lowest BCUT2D eigenvalue weighted by molar-refractivity contribution is -0.141. The van der Waals surface area contributed by atoms with Gasteiger partial charge in [-0.25, -0.2) is 0 Å². The molecule has 1 aromatic heterocycles. The third kappa shape index (κ3) is 4.59. The summed E-state index contributed by atoms with van der Waals surface area (Å²) in [6.07, 6.45) is 0. The zero-order valence-electron chi connectivity index (χ0n) is 17.0. The van der Waals surface area contributed by atoms with E-state index in [1.54, 1.807) is 17.7 Å². The van der Waals surface area contributed by atoms with Gasteiger partial charge in [0.25, 0.3) is 5.91 Å². The van der Waals surface area contributed by atoms with Crippen LogP contribution < -0.4 is 14.3 Å². The number of hydrogen-bond acceptors (Lipinski definition) is 6. The van der Waals surface area contributed by atoms with Gasteiger partial charge < -0.3 is 18.8 Å². The minimum Gasteiger partial charge on any atom is -0.497 e. The molecule has 1 amide bonds. The highest BCUT2D eigenvalue weighted by Gasteiger charge is 2.13. The molecule has 4 aromatic rings. The minimum absolute atomic E-state index is 0.0551. The summed E-state index contributed by atoms with van der Waals surface area (Å²) in [5, 5.41) is 2.12. The molecule has 0 atom stereocenters. The monoisotopic (exact) mass is 436 g/mol. The zero-order chi connectivity index (χ0) is 21.8. The maximum atomic E-state index is 12.5. The molecule has 0 aliphatic rings. The summed E-state index contributed by atoms with van der Waals surface area (Å²) < 4.78 is 18.2. The van der Waals surface area contributed by atoms with Crippen molar-refractivity contribution in [3.05, 3.63) is 65.5 Å². The second kappa shape index (κ2) is 9.01. The summed E-state index contributed by atoms with van der Waals surface area (Å²) in [6.45, 7) is -0.269. The van der Waals surface area contributed by atoms with Crippen molar-refractivity contribution in [2.75, 3.05) is 20.8 Å². The Kier molecular flexibility index (Phi) is 5.99. The Labute approximate surface area is 182 Å². The van der Waals surface area contributed by atoms with Gasteiger partial charge in [0.15, 0.2) is 11.4 Å². The topological polar surface area (TPSA) is 79.1 Å². The third-order valence-electron chi connectivity index (χ3n) is 4.71. The predicted octanol–water partition coefficient (Wildman–Crippen LogP) is 3.54. The van der Waals surface area contributed by atoms with E-state index in [1.165, 1.54) is 18.4 Å². The van der Waals surface area contributed by atoms with E-state index >= 15 is 0 Å². The maximum Gasteiger partial charge on any atom is 0.325 e. The summed E-state index contributed by atoms with van der Waals surface area (Å²) in [4.78, 5) is 29.0. The van der Waals surface area contributed by atoms with Crippen LogP contribution in [0.15, 0.2) is 65.7 Å². The number of nitrogens with zero attached hydrogens (tertiary/aromatic N) is 2. The van der Waals surface area contributed by atoms with Gasteiger partial charge in [0.1, 0.15) is 18.0 Å². The number of ether oxygens (including phenoxy) is 3. The number of fused-ring (bicyclic) bond motifs is 2. The van der Waals surface area contributed by atoms with Crippen LogP contribution in [0.1, 0.15) is 0 Å². The van der Waals surface area contributed by atoms with E-state index in [4.69, 9.17) is 14.2 Å². The molecule has 0 radical (unpaired) electrons. The Morgan fingerprint density at radius 2 is 1.74 bits per heavy atom. The van der Waals surface area contributed by atoms with Crippen molar-refractivity contribution in [2.24, 2.45) is 4.99 Å². The molecule has 0 aliphatic carbocycles. The standard InChI is InChI=1S/C23H20N2O5S/c1-28-17-9-10-19-20(12-17)31-23(25(19)13-22(27)29-2)24-21(26)14-30-18-8-7-15-5-3-4-6-16(15)11-18/h3-12H,13-14H2,1-2H3. The lowest BCUT2D eigenvalue weighted by Gasteiger charge is -2.06. The fourth-order valence-electron chi connectivity index (χ4n) is 3.15. The van der Waals surface area contributed by atoms with Crippen LogP contribution in [0.3, 0.4) is 0 Å². The largest absolute Gasteiger partial charge is 0.497 e. The summed E-state index contributed by atoms with van der Waals surface area (Å²) in [5.74, 6) is 0.379. The molecule has 7 nitrogen and oxygen atoms in total. The first-order valence-corrected chi connectivity index (χ1v) is 10.3. The van der Waals surface area contributed by atoms with Crippen molar-refractivity contribution in [1.82, 2.24) is 4.57 Å². The van der Waals surface area contributed by atoms with Crippen molar-refractivity contribution in [3.8, 4) is 11.5 Å². The predicted molar refractivity (Wildman–Crippen MR) is 118 cm³/mol. The fourth-order valence-corrected chi connectivity index (χ4v) is 4.23. The van der Waals surface area contributed by atoms with E-state index in [2.05, 4.69) is 4.99 Å². The van der Waals surface area contributed by atoms with Crippen LogP contribution in [0, 0.1) is 0 Å². The molecule has 0 N–H and O–H groups in total.